The van der Waals surface area contributed by atoms with Crippen LogP contribution in [-0.4, -0.2) is 90.0 Å². The van der Waals surface area contributed by atoms with E-state index in [2.05, 4.69) is 30.9 Å². The molecule has 4 rings (SSSR count). The van der Waals surface area contributed by atoms with Crippen molar-refractivity contribution in [3.63, 3.8) is 0 Å². The third kappa shape index (κ3) is 5.74. The smallest absolute Gasteiger partial charge is 0.249 e. The number of aliphatic imine (C=N–C) groups is 3. The molecule has 3 N–H and O–H groups in total. The molecule has 0 saturated heterocycles. The minimum atomic E-state index is -0.818. The SMILES string of the molecule is CC(C)[C@@H]1NC(=O)[C@H]2N=C(O[C@@H]2C)[C@H](C(C)C)NC(=O)[C@H]2N=C(O[C@@H]2C)[C@H](C(C)C)NC(=O)[C@H]2N=C1O[C@H]2C. The molecule has 0 fully saturated rings. The van der Waals surface area contributed by atoms with Crippen LogP contribution < -0.4 is 16.0 Å². The van der Waals surface area contributed by atoms with Crippen LogP contribution in [0.3, 0.4) is 0 Å². The Balaban J connectivity index is 1.76. The van der Waals surface area contributed by atoms with Crippen LogP contribution in [0.5, 0.6) is 0 Å². The topological polar surface area (TPSA) is 152 Å². The Morgan fingerprint density at radius 1 is 0.513 bits per heavy atom. The van der Waals surface area contributed by atoms with Gasteiger partial charge in [0.25, 0.3) is 0 Å². The fraction of sp³-hybridized carbons (Fsp3) is 0.778. The lowest BCUT2D eigenvalue weighted by Gasteiger charge is -2.24. The summed E-state index contributed by atoms with van der Waals surface area (Å²) in [5, 5.41) is 9.03. The van der Waals surface area contributed by atoms with E-state index in [1.165, 1.54) is 0 Å². The Morgan fingerprint density at radius 2 is 0.744 bits per heavy atom. The maximum Gasteiger partial charge on any atom is 0.249 e. The van der Waals surface area contributed by atoms with Gasteiger partial charge in [-0.15, -0.1) is 0 Å². The summed E-state index contributed by atoms with van der Waals surface area (Å²) in [7, 11) is 0. The molecule has 12 heteroatoms. The van der Waals surface area contributed by atoms with E-state index < -0.39 is 54.6 Å². The highest BCUT2D eigenvalue weighted by molar-refractivity contribution is 5.99. The van der Waals surface area contributed by atoms with E-state index in [9.17, 15) is 14.4 Å². The van der Waals surface area contributed by atoms with Crippen molar-refractivity contribution in [3.05, 3.63) is 0 Å². The molecule has 9 atom stereocenters. The molecule has 0 aromatic heterocycles. The molecule has 4 aliphatic heterocycles. The Morgan fingerprint density at radius 3 is 0.949 bits per heavy atom. The number of rotatable bonds is 3. The zero-order valence-corrected chi connectivity index (χ0v) is 24.2. The standard InChI is InChI=1S/C27H42N6O6/c1-10(2)16-25-31-20(13(7)37-25)23(35)29-18(12(5)6)27-33-21(15(9)39-27)24(36)30-17(11(3)4)26-32-19(14(8)38-26)22(34)28-16/h10-21H,1-9H3,(H,28,34)(H,29,35)(H,30,36)/t13-,14-,15+,16+,17+,18+,19+,20+,21+/m1/s1. The summed E-state index contributed by atoms with van der Waals surface area (Å²) < 4.78 is 18.0. The second-order valence-electron chi connectivity index (χ2n) is 11.9. The number of carbonyl (C=O) groups is 3. The first-order valence-electron chi connectivity index (χ1n) is 13.9. The van der Waals surface area contributed by atoms with E-state index >= 15 is 0 Å². The zero-order chi connectivity index (χ0) is 28.8. The Kier molecular flexibility index (Phi) is 8.22. The van der Waals surface area contributed by atoms with Crippen LogP contribution in [-0.2, 0) is 28.6 Å². The summed E-state index contributed by atoms with van der Waals surface area (Å²) in [6.45, 7) is 17.0. The van der Waals surface area contributed by atoms with E-state index in [4.69, 9.17) is 14.2 Å². The van der Waals surface area contributed by atoms with Gasteiger partial charge in [0.15, 0.2) is 18.1 Å². The van der Waals surface area contributed by atoms with Crippen molar-refractivity contribution >= 4 is 35.4 Å². The van der Waals surface area contributed by atoms with Crippen LogP contribution in [0.25, 0.3) is 0 Å². The van der Waals surface area contributed by atoms with E-state index in [1.807, 2.05) is 41.5 Å². The lowest BCUT2D eigenvalue weighted by molar-refractivity contribution is -0.125. The normalized spacial score (nSPS) is 37.1. The molecule has 0 saturated carbocycles. The maximum absolute atomic E-state index is 13.4. The minimum Gasteiger partial charge on any atom is -0.474 e. The molecule has 0 aliphatic carbocycles. The van der Waals surface area contributed by atoms with Gasteiger partial charge in [-0.25, -0.2) is 15.0 Å². The van der Waals surface area contributed by atoms with Gasteiger partial charge >= 0.3 is 0 Å². The second kappa shape index (κ2) is 11.1. The molecule has 0 radical (unpaired) electrons. The van der Waals surface area contributed by atoms with Crippen LogP contribution in [0.15, 0.2) is 15.0 Å². The summed E-state index contributed by atoms with van der Waals surface area (Å²) in [6.07, 6.45) is -1.62. The van der Waals surface area contributed by atoms with Gasteiger partial charge in [0, 0.05) is 0 Å². The molecule has 39 heavy (non-hydrogen) atoms. The third-order valence-corrected chi connectivity index (χ3v) is 7.55. The molecule has 0 aromatic rings. The summed E-state index contributed by atoms with van der Waals surface area (Å²) in [5.41, 5.74) is 0. The van der Waals surface area contributed by atoms with Crippen molar-refractivity contribution in [2.45, 2.75) is 117 Å². The van der Waals surface area contributed by atoms with Gasteiger partial charge in [-0.1, -0.05) is 41.5 Å². The van der Waals surface area contributed by atoms with Crippen LogP contribution in [0.4, 0.5) is 0 Å². The van der Waals surface area contributed by atoms with Crippen molar-refractivity contribution in [1.29, 1.82) is 0 Å². The number of hydrogen-bond donors (Lipinski definition) is 3. The van der Waals surface area contributed by atoms with Crippen molar-refractivity contribution in [3.8, 4) is 0 Å². The first-order chi connectivity index (χ1) is 18.3. The predicted octanol–water partition coefficient (Wildman–Crippen LogP) is 0.980. The lowest BCUT2D eigenvalue weighted by atomic mass is 10.0. The Labute approximate surface area is 229 Å². The molecule has 4 aliphatic rings. The van der Waals surface area contributed by atoms with Gasteiger partial charge in [0.1, 0.15) is 36.4 Å². The molecular weight excluding hydrogens is 504 g/mol. The fourth-order valence-electron chi connectivity index (χ4n) is 5.11. The largest absolute Gasteiger partial charge is 0.474 e. The molecule has 0 spiro atoms. The van der Waals surface area contributed by atoms with E-state index in [-0.39, 0.29) is 35.5 Å². The second-order valence-corrected chi connectivity index (χ2v) is 11.9. The van der Waals surface area contributed by atoms with Gasteiger partial charge in [0.05, 0.1) is 0 Å². The van der Waals surface area contributed by atoms with E-state index in [1.54, 1.807) is 20.8 Å². The summed E-state index contributed by atoms with van der Waals surface area (Å²) >= 11 is 0. The number of fused-ring (bicyclic) bond motifs is 3. The van der Waals surface area contributed by atoms with Crippen LogP contribution >= 0.6 is 0 Å². The quantitative estimate of drug-likeness (QED) is 0.480. The van der Waals surface area contributed by atoms with Gasteiger partial charge in [-0.05, 0) is 38.5 Å². The summed E-state index contributed by atoms with van der Waals surface area (Å²) in [5.74, 6) is -0.323. The summed E-state index contributed by atoms with van der Waals surface area (Å²) in [4.78, 5) is 54.0. The number of nitrogens with zero attached hydrogens (tertiary/aromatic N) is 3. The minimum absolute atomic E-state index is 0.0702. The summed E-state index contributed by atoms with van der Waals surface area (Å²) in [6, 6.07) is -4.14. The molecule has 216 valence electrons. The average molecular weight is 547 g/mol. The maximum atomic E-state index is 13.4. The molecule has 4 heterocycles. The highest BCUT2D eigenvalue weighted by Crippen LogP contribution is 2.25. The number of amides is 3. The monoisotopic (exact) mass is 546 g/mol. The molecule has 3 amide bonds. The van der Waals surface area contributed by atoms with E-state index in [0.29, 0.717) is 17.7 Å². The Bertz CT molecular complexity index is 952. The molecule has 12 nitrogen and oxygen atoms in total. The number of carbonyl (C=O) groups excluding carboxylic acids is 3. The third-order valence-electron chi connectivity index (χ3n) is 7.55. The molecule has 6 bridgehead atoms. The zero-order valence-electron chi connectivity index (χ0n) is 24.2. The number of hydrogen-bond acceptors (Lipinski definition) is 9. The Hall–Kier alpha value is -3.18. The molecule has 0 aromatic carbocycles. The lowest BCUT2D eigenvalue weighted by Crippen LogP contribution is -2.49. The average Bonchev–Trinajstić information content (AvgIpc) is 3.54. The molecule has 0 unspecified atom stereocenters. The van der Waals surface area contributed by atoms with Crippen molar-refractivity contribution < 1.29 is 28.6 Å². The van der Waals surface area contributed by atoms with Crippen molar-refractivity contribution in [1.82, 2.24) is 16.0 Å². The van der Waals surface area contributed by atoms with Crippen LogP contribution in [0.2, 0.25) is 0 Å². The highest BCUT2D eigenvalue weighted by atomic mass is 16.5. The van der Waals surface area contributed by atoms with Gasteiger partial charge in [-0.2, -0.15) is 0 Å². The van der Waals surface area contributed by atoms with Crippen LogP contribution in [0, 0.1) is 17.8 Å². The van der Waals surface area contributed by atoms with E-state index in [0.717, 1.165) is 0 Å². The van der Waals surface area contributed by atoms with Crippen molar-refractivity contribution in [2.24, 2.45) is 32.7 Å². The fourth-order valence-corrected chi connectivity index (χ4v) is 5.11. The predicted molar refractivity (Wildman–Crippen MR) is 146 cm³/mol. The van der Waals surface area contributed by atoms with Gasteiger partial charge in [-0.3, -0.25) is 14.4 Å². The number of ether oxygens (including phenoxy) is 3. The highest BCUT2D eigenvalue weighted by Gasteiger charge is 2.45. The molecular formula is C27H42N6O6. The van der Waals surface area contributed by atoms with Gasteiger partial charge in [0.2, 0.25) is 35.4 Å². The first-order valence-corrected chi connectivity index (χ1v) is 13.9. The van der Waals surface area contributed by atoms with Crippen LogP contribution in [0.1, 0.15) is 62.3 Å². The van der Waals surface area contributed by atoms with Gasteiger partial charge < -0.3 is 30.2 Å². The number of nitrogens with one attached hydrogen (secondary N) is 3. The first kappa shape index (κ1) is 28.8. The van der Waals surface area contributed by atoms with Crippen molar-refractivity contribution in [2.75, 3.05) is 0 Å².